The van der Waals surface area contributed by atoms with Gasteiger partial charge in [0.1, 0.15) is 11.5 Å². The van der Waals surface area contributed by atoms with Crippen LogP contribution in [-0.4, -0.2) is 6.54 Å². The van der Waals surface area contributed by atoms with Crippen LogP contribution in [0.1, 0.15) is 5.56 Å². The van der Waals surface area contributed by atoms with E-state index in [2.05, 4.69) is 15.9 Å². The van der Waals surface area contributed by atoms with E-state index < -0.39 is 0 Å². The molecule has 2 aromatic carbocycles. The second-order valence-corrected chi connectivity index (χ2v) is 5.73. The summed E-state index contributed by atoms with van der Waals surface area (Å²) in [5.41, 5.74) is 6.64. The van der Waals surface area contributed by atoms with E-state index in [0.717, 1.165) is 22.2 Å². The molecule has 0 heterocycles. The van der Waals surface area contributed by atoms with E-state index in [1.54, 1.807) is 18.2 Å². The van der Waals surface area contributed by atoms with Crippen molar-refractivity contribution in [3.05, 3.63) is 56.5 Å². The van der Waals surface area contributed by atoms with E-state index in [4.69, 9.17) is 33.7 Å². The smallest absolute Gasteiger partial charge is 0.146 e. The Bertz CT molecular complexity index is 590. The molecule has 5 heteroatoms. The van der Waals surface area contributed by atoms with Crippen molar-refractivity contribution in [1.82, 2.24) is 0 Å². The molecule has 0 fully saturated rings. The minimum absolute atomic E-state index is 0.481. The molecule has 0 saturated carbocycles. The van der Waals surface area contributed by atoms with Gasteiger partial charge in [0.2, 0.25) is 0 Å². The minimum atomic E-state index is 0.481. The van der Waals surface area contributed by atoms with Crippen LogP contribution in [0, 0.1) is 0 Å². The Morgan fingerprint density at radius 3 is 2.47 bits per heavy atom. The van der Waals surface area contributed by atoms with Crippen LogP contribution < -0.4 is 10.5 Å². The first-order chi connectivity index (χ1) is 9.10. The van der Waals surface area contributed by atoms with Crippen LogP contribution in [0.5, 0.6) is 11.5 Å². The highest BCUT2D eigenvalue weighted by molar-refractivity contribution is 9.10. The summed E-state index contributed by atoms with van der Waals surface area (Å²) < 4.78 is 6.83. The van der Waals surface area contributed by atoms with E-state index >= 15 is 0 Å². The van der Waals surface area contributed by atoms with Gasteiger partial charge in [-0.1, -0.05) is 39.1 Å². The molecule has 2 aromatic rings. The maximum Gasteiger partial charge on any atom is 0.146 e. The number of rotatable bonds is 4. The number of ether oxygens (including phenoxy) is 1. The van der Waals surface area contributed by atoms with Gasteiger partial charge in [-0.05, 0) is 54.9 Å². The maximum absolute atomic E-state index is 6.10. The van der Waals surface area contributed by atoms with Crippen molar-refractivity contribution in [2.24, 2.45) is 5.73 Å². The van der Waals surface area contributed by atoms with Crippen molar-refractivity contribution >= 4 is 39.1 Å². The van der Waals surface area contributed by atoms with Crippen molar-refractivity contribution in [3.8, 4) is 11.5 Å². The minimum Gasteiger partial charge on any atom is -0.456 e. The second-order valence-electron chi connectivity index (χ2n) is 3.97. The molecule has 0 aliphatic carbocycles. The molecule has 2 rings (SSSR count). The van der Waals surface area contributed by atoms with E-state index in [1.807, 2.05) is 18.2 Å². The summed E-state index contributed by atoms with van der Waals surface area (Å²) in [6, 6.07) is 10.9. The molecule has 0 aliphatic heterocycles. The van der Waals surface area contributed by atoms with Gasteiger partial charge >= 0.3 is 0 Å². The van der Waals surface area contributed by atoms with Crippen LogP contribution >= 0.6 is 39.1 Å². The van der Waals surface area contributed by atoms with Crippen molar-refractivity contribution in [1.29, 1.82) is 0 Å². The number of halogens is 3. The number of nitrogens with two attached hydrogens (primary N) is 1. The normalized spacial score (nSPS) is 10.5. The first-order valence-corrected chi connectivity index (χ1v) is 7.26. The van der Waals surface area contributed by atoms with Crippen LogP contribution in [-0.2, 0) is 6.42 Å². The Morgan fingerprint density at radius 2 is 1.79 bits per heavy atom. The molecular formula is C14H12BrCl2NO. The third-order valence-electron chi connectivity index (χ3n) is 2.55. The Hall–Kier alpha value is -0.740. The fraction of sp³-hybridized carbons (Fsp3) is 0.143. The van der Waals surface area contributed by atoms with Gasteiger partial charge < -0.3 is 10.5 Å². The first kappa shape index (κ1) is 14.7. The van der Waals surface area contributed by atoms with Crippen LogP contribution in [0.15, 0.2) is 40.9 Å². The summed E-state index contributed by atoms with van der Waals surface area (Å²) in [5.74, 6) is 1.32. The van der Waals surface area contributed by atoms with E-state index in [9.17, 15) is 0 Å². The SMILES string of the molecule is NCCc1cc(Br)ccc1Oc1ccc(Cl)cc1Cl. The quantitative estimate of drug-likeness (QED) is 0.827. The number of hydrogen-bond donors (Lipinski definition) is 1. The molecule has 2 nitrogen and oxygen atoms in total. The summed E-state index contributed by atoms with van der Waals surface area (Å²) in [6.45, 7) is 0.557. The molecule has 0 unspecified atom stereocenters. The van der Waals surface area contributed by atoms with Gasteiger partial charge in [-0.25, -0.2) is 0 Å². The van der Waals surface area contributed by atoms with Gasteiger partial charge in [0.25, 0.3) is 0 Å². The van der Waals surface area contributed by atoms with Crippen molar-refractivity contribution in [3.63, 3.8) is 0 Å². The third kappa shape index (κ3) is 3.86. The van der Waals surface area contributed by atoms with E-state index in [-0.39, 0.29) is 0 Å². The van der Waals surface area contributed by atoms with Gasteiger partial charge in [-0.3, -0.25) is 0 Å². The molecule has 0 amide bonds. The fourth-order valence-corrected chi connectivity index (χ4v) is 2.53. The lowest BCUT2D eigenvalue weighted by atomic mass is 10.1. The highest BCUT2D eigenvalue weighted by Gasteiger charge is 2.08. The zero-order chi connectivity index (χ0) is 13.8. The van der Waals surface area contributed by atoms with Crippen molar-refractivity contribution in [2.75, 3.05) is 6.54 Å². The molecule has 100 valence electrons. The molecular weight excluding hydrogens is 349 g/mol. The summed E-state index contributed by atoms with van der Waals surface area (Å²) in [5, 5.41) is 1.06. The molecule has 0 spiro atoms. The molecule has 0 radical (unpaired) electrons. The van der Waals surface area contributed by atoms with Crippen LogP contribution in [0.4, 0.5) is 0 Å². The molecule has 0 aliphatic rings. The van der Waals surface area contributed by atoms with Gasteiger partial charge in [-0.2, -0.15) is 0 Å². The Balaban J connectivity index is 2.32. The zero-order valence-corrected chi connectivity index (χ0v) is 13.1. The molecule has 0 bridgehead atoms. The molecule has 0 aromatic heterocycles. The summed E-state index contributed by atoms with van der Waals surface area (Å²) >= 11 is 15.4. The third-order valence-corrected chi connectivity index (χ3v) is 3.57. The Kier molecular flexibility index (Phi) is 5.11. The Labute approximate surface area is 130 Å². The predicted octanol–water partition coefficient (Wildman–Crippen LogP) is 5.05. The van der Waals surface area contributed by atoms with E-state index in [1.165, 1.54) is 0 Å². The summed E-state index contributed by atoms with van der Waals surface area (Å²) in [4.78, 5) is 0. The largest absolute Gasteiger partial charge is 0.456 e. The average molecular weight is 361 g/mol. The van der Waals surface area contributed by atoms with Gasteiger partial charge in [-0.15, -0.1) is 0 Å². The standard InChI is InChI=1S/C14H12BrCl2NO/c15-10-1-3-13(9(7-10)5-6-18)19-14-4-2-11(16)8-12(14)17/h1-4,7-8H,5-6,18H2. The predicted molar refractivity (Wildman–Crippen MR) is 83.4 cm³/mol. The Morgan fingerprint density at radius 1 is 1.05 bits per heavy atom. The summed E-state index contributed by atoms with van der Waals surface area (Å²) in [7, 11) is 0. The second kappa shape index (κ2) is 6.62. The lowest BCUT2D eigenvalue weighted by molar-refractivity contribution is 0.476. The monoisotopic (exact) mass is 359 g/mol. The topological polar surface area (TPSA) is 35.2 Å². The molecule has 19 heavy (non-hydrogen) atoms. The fourth-order valence-electron chi connectivity index (χ4n) is 1.67. The van der Waals surface area contributed by atoms with Gasteiger partial charge in [0, 0.05) is 9.50 Å². The van der Waals surface area contributed by atoms with E-state index in [0.29, 0.717) is 22.3 Å². The molecule has 2 N–H and O–H groups in total. The van der Waals surface area contributed by atoms with Crippen LogP contribution in [0.3, 0.4) is 0 Å². The number of benzene rings is 2. The van der Waals surface area contributed by atoms with Gasteiger partial charge in [0.15, 0.2) is 0 Å². The molecule has 0 saturated heterocycles. The van der Waals surface area contributed by atoms with Crippen molar-refractivity contribution < 1.29 is 4.74 Å². The highest BCUT2D eigenvalue weighted by Crippen LogP contribution is 2.34. The van der Waals surface area contributed by atoms with Crippen LogP contribution in [0.25, 0.3) is 0 Å². The average Bonchev–Trinajstić information content (AvgIpc) is 2.36. The summed E-state index contributed by atoms with van der Waals surface area (Å²) in [6.07, 6.45) is 0.736. The van der Waals surface area contributed by atoms with Gasteiger partial charge in [0.05, 0.1) is 5.02 Å². The van der Waals surface area contributed by atoms with Crippen molar-refractivity contribution in [2.45, 2.75) is 6.42 Å². The first-order valence-electron chi connectivity index (χ1n) is 5.71. The van der Waals surface area contributed by atoms with Crippen LogP contribution in [0.2, 0.25) is 10.0 Å². The lowest BCUT2D eigenvalue weighted by Gasteiger charge is -2.12. The lowest BCUT2D eigenvalue weighted by Crippen LogP contribution is -2.04. The number of hydrogen-bond acceptors (Lipinski definition) is 2. The maximum atomic E-state index is 6.10. The highest BCUT2D eigenvalue weighted by atomic mass is 79.9. The molecule has 0 atom stereocenters. The zero-order valence-electron chi connectivity index (χ0n) is 10.00.